The number of nitrogen functional groups attached to an aromatic ring is 1. The van der Waals surface area contributed by atoms with Crippen molar-refractivity contribution in [3.05, 3.63) is 77.1 Å². The first-order valence-corrected chi connectivity index (χ1v) is 11.8. The molecule has 6 N–H and O–H groups in total. The van der Waals surface area contributed by atoms with Crippen LogP contribution in [0.1, 0.15) is 44.4 Å². The average molecular weight is 473 g/mol. The van der Waals surface area contributed by atoms with E-state index >= 15 is 0 Å². The maximum Gasteiger partial charge on any atom is 0.273 e. The van der Waals surface area contributed by atoms with E-state index in [1.54, 1.807) is 24.3 Å². The van der Waals surface area contributed by atoms with Gasteiger partial charge in [0.25, 0.3) is 11.8 Å². The maximum absolute atomic E-state index is 13.0. The molecule has 2 amide bonds. The Labute approximate surface area is 203 Å². The van der Waals surface area contributed by atoms with Crippen LogP contribution < -0.4 is 21.7 Å². The van der Waals surface area contributed by atoms with E-state index in [9.17, 15) is 14.7 Å². The molecule has 1 saturated heterocycles. The molecule has 2 heterocycles. The highest BCUT2D eigenvalue weighted by Crippen LogP contribution is 2.31. The SMILES string of the molecule is Nc1ncc(-c2cccc(C(=O)N[C@@H]3c4ccccc4C[C@@H]3O)c2)nc1C(=O)NC[C@@H]1CCNC1. The number of nitrogens with zero attached hydrogens (tertiary/aromatic N) is 2. The Hall–Kier alpha value is -3.82. The van der Waals surface area contributed by atoms with E-state index < -0.39 is 12.1 Å². The van der Waals surface area contributed by atoms with Crippen LogP contribution in [0.3, 0.4) is 0 Å². The zero-order valence-corrected chi connectivity index (χ0v) is 19.2. The van der Waals surface area contributed by atoms with E-state index in [4.69, 9.17) is 5.73 Å². The van der Waals surface area contributed by atoms with Gasteiger partial charge in [-0.05, 0) is 48.7 Å². The second kappa shape index (κ2) is 9.81. The van der Waals surface area contributed by atoms with Crippen molar-refractivity contribution in [1.82, 2.24) is 25.9 Å². The summed E-state index contributed by atoms with van der Waals surface area (Å²) in [6.07, 6.45) is 2.33. The van der Waals surface area contributed by atoms with Crippen molar-refractivity contribution >= 4 is 17.6 Å². The fourth-order valence-electron chi connectivity index (χ4n) is 4.71. The number of fused-ring (bicyclic) bond motifs is 1. The third kappa shape index (κ3) is 4.87. The quantitative estimate of drug-likeness (QED) is 0.365. The van der Waals surface area contributed by atoms with Gasteiger partial charge >= 0.3 is 0 Å². The van der Waals surface area contributed by atoms with Crippen molar-refractivity contribution in [1.29, 1.82) is 0 Å². The van der Waals surface area contributed by atoms with Gasteiger partial charge in [0.15, 0.2) is 11.5 Å². The largest absolute Gasteiger partial charge is 0.390 e. The van der Waals surface area contributed by atoms with Crippen molar-refractivity contribution in [2.45, 2.75) is 25.0 Å². The lowest BCUT2D eigenvalue weighted by atomic mass is 10.1. The third-order valence-electron chi connectivity index (χ3n) is 6.64. The van der Waals surface area contributed by atoms with Crippen molar-refractivity contribution < 1.29 is 14.7 Å². The number of aliphatic hydroxyl groups excluding tert-OH is 1. The van der Waals surface area contributed by atoms with Crippen LogP contribution in [0.25, 0.3) is 11.3 Å². The number of carbonyl (C=O) groups is 2. The molecule has 3 atom stereocenters. The number of amides is 2. The fraction of sp³-hybridized carbons (Fsp3) is 0.308. The molecule has 35 heavy (non-hydrogen) atoms. The smallest absolute Gasteiger partial charge is 0.273 e. The van der Waals surface area contributed by atoms with E-state index in [1.165, 1.54) is 6.20 Å². The van der Waals surface area contributed by atoms with Crippen LogP contribution in [0.5, 0.6) is 0 Å². The van der Waals surface area contributed by atoms with E-state index in [2.05, 4.69) is 25.9 Å². The first-order valence-electron chi connectivity index (χ1n) is 11.8. The topological polar surface area (TPSA) is 142 Å². The van der Waals surface area contributed by atoms with Gasteiger partial charge in [0.05, 0.1) is 24.0 Å². The van der Waals surface area contributed by atoms with Crippen molar-refractivity contribution in [2.75, 3.05) is 25.4 Å². The molecule has 0 bridgehead atoms. The number of benzene rings is 2. The Kier molecular flexibility index (Phi) is 6.43. The van der Waals surface area contributed by atoms with E-state index in [0.29, 0.717) is 35.7 Å². The highest BCUT2D eigenvalue weighted by molar-refractivity contribution is 5.97. The fourth-order valence-corrected chi connectivity index (χ4v) is 4.71. The van der Waals surface area contributed by atoms with Gasteiger partial charge in [-0.2, -0.15) is 0 Å². The molecular weight excluding hydrogens is 444 g/mol. The number of carbonyl (C=O) groups excluding carboxylic acids is 2. The lowest BCUT2D eigenvalue weighted by Crippen LogP contribution is -2.33. The Balaban J connectivity index is 1.32. The van der Waals surface area contributed by atoms with Crippen LogP contribution in [0, 0.1) is 5.92 Å². The molecule has 1 fully saturated rings. The highest BCUT2D eigenvalue weighted by atomic mass is 16.3. The van der Waals surface area contributed by atoms with Gasteiger partial charge in [-0.25, -0.2) is 9.97 Å². The molecule has 1 aliphatic carbocycles. The lowest BCUT2D eigenvalue weighted by Gasteiger charge is -2.18. The van der Waals surface area contributed by atoms with Gasteiger partial charge in [0.2, 0.25) is 0 Å². The first kappa shape index (κ1) is 22.9. The van der Waals surface area contributed by atoms with Crippen LogP contribution in [-0.4, -0.2) is 52.6 Å². The minimum absolute atomic E-state index is 0.0542. The number of hydrogen-bond acceptors (Lipinski definition) is 7. The Bertz CT molecular complexity index is 1260. The van der Waals surface area contributed by atoms with Gasteiger partial charge in [0.1, 0.15) is 0 Å². The molecule has 2 aromatic carbocycles. The molecule has 1 aliphatic heterocycles. The van der Waals surface area contributed by atoms with Crippen LogP contribution in [0.2, 0.25) is 0 Å². The zero-order valence-electron chi connectivity index (χ0n) is 19.2. The molecule has 9 heteroatoms. The Morgan fingerprint density at radius 2 is 2.00 bits per heavy atom. The lowest BCUT2D eigenvalue weighted by molar-refractivity contribution is 0.0858. The average Bonchev–Trinajstić information content (AvgIpc) is 3.51. The summed E-state index contributed by atoms with van der Waals surface area (Å²) in [5.74, 6) is -0.235. The van der Waals surface area contributed by atoms with Crippen molar-refractivity contribution in [2.24, 2.45) is 5.92 Å². The number of aliphatic hydroxyl groups is 1. The Morgan fingerprint density at radius 3 is 2.83 bits per heavy atom. The number of nitrogens with one attached hydrogen (secondary N) is 3. The molecule has 0 radical (unpaired) electrons. The number of hydrogen-bond donors (Lipinski definition) is 5. The van der Waals surface area contributed by atoms with Crippen LogP contribution in [-0.2, 0) is 6.42 Å². The van der Waals surface area contributed by atoms with Gasteiger partial charge < -0.3 is 26.8 Å². The summed E-state index contributed by atoms with van der Waals surface area (Å²) < 4.78 is 0. The van der Waals surface area contributed by atoms with E-state index in [1.807, 2.05) is 24.3 Å². The molecule has 9 nitrogen and oxygen atoms in total. The molecule has 0 unspecified atom stereocenters. The summed E-state index contributed by atoms with van der Waals surface area (Å²) in [6, 6.07) is 14.2. The van der Waals surface area contributed by atoms with Gasteiger partial charge in [-0.3, -0.25) is 9.59 Å². The Morgan fingerprint density at radius 1 is 1.14 bits per heavy atom. The van der Waals surface area contributed by atoms with Crippen LogP contribution in [0.4, 0.5) is 5.82 Å². The summed E-state index contributed by atoms with van der Waals surface area (Å²) in [7, 11) is 0. The second-order valence-corrected chi connectivity index (χ2v) is 9.06. The molecule has 0 spiro atoms. The van der Waals surface area contributed by atoms with Gasteiger partial charge in [-0.15, -0.1) is 0 Å². The maximum atomic E-state index is 13.0. The zero-order chi connectivity index (χ0) is 24.4. The first-order chi connectivity index (χ1) is 17.0. The summed E-state index contributed by atoms with van der Waals surface area (Å²) >= 11 is 0. The normalized spacial score (nSPS) is 20.9. The van der Waals surface area contributed by atoms with Crippen LogP contribution in [0.15, 0.2) is 54.7 Å². The number of nitrogens with two attached hydrogens (primary N) is 1. The summed E-state index contributed by atoms with van der Waals surface area (Å²) in [6.45, 7) is 2.37. The minimum atomic E-state index is -0.677. The van der Waals surface area contributed by atoms with Gasteiger partial charge in [-0.1, -0.05) is 36.4 Å². The second-order valence-electron chi connectivity index (χ2n) is 9.06. The molecule has 1 aromatic heterocycles. The van der Waals surface area contributed by atoms with Crippen LogP contribution >= 0.6 is 0 Å². The summed E-state index contributed by atoms with van der Waals surface area (Å²) in [4.78, 5) is 34.3. The predicted octanol–water partition coefficient (Wildman–Crippen LogP) is 1.45. The molecule has 2 aliphatic rings. The molecule has 5 rings (SSSR count). The molecule has 3 aromatic rings. The van der Waals surface area contributed by atoms with E-state index in [0.717, 1.165) is 30.6 Å². The van der Waals surface area contributed by atoms with Gasteiger partial charge in [0, 0.05) is 24.1 Å². The third-order valence-corrected chi connectivity index (χ3v) is 6.64. The number of anilines is 1. The molecule has 180 valence electrons. The van der Waals surface area contributed by atoms with Crippen molar-refractivity contribution in [3.63, 3.8) is 0 Å². The highest BCUT2D eigenvalue weighted by Gasteiger charge is 2.32. The monoisotopic (exact) mass is 472 g/mol. The summed E-state index contributed by atoms with van der Waals surface area (Å²) in [5.41, 5.74) is 9.45. The molecular formula is C26H28N6O3. The molecule has 0 saturated carbocycles. The summed E-state index contributed by atoms with van der Waals surface area (Å²) in [5, 5.41) is 19.6. The van der Waals surface area contributed by atoms with E-state index in [-0.39, 0.29) is 23.3 Å². The standard InChI is InChI=1S/C26H28N6O3/c27-24-23(26(35)30-13-15-8-9-28-12-15)31-20(14-29-24)17-5-3-6-18(10-17)25(34)32-22-19-7-2-1-4-16(19)11-21(22)33/h1-7,10,14-15,21-22,28,33H,8-9,11-13H2,(H2,27,29)(H,30,35)(H,32,34)/t15-,21+,22-/m1/s1. The minimum Gasteiger partial charge on any atom is -0.390 e. The number of aromatic nitrogens is 2. The van der Waals surface area contributed by atoms with Crippen molar-refractivity contribution in [3.8, 4) is 11.3 Å². The predicted molar refractivity (Wildman–Crippen MR) is 132 cm³/mol. The number of rotatable bonds is 6.